The van der Waals surface area contributed by atoms with E-state index in [0.717, 1.165) is 4.31 Å². The van der Waals surface area contributed by atoms with Crippen molar-refractivity contribution in [2.24, 2.45) is 0 Å². The van der Waals surface area contributed by atoms with Crippen molar-refractivity contribution >= 4 is 16.0 Å². The number of carbonyl (C=O) groups is 1. The predicted molar refractivity (Wildman–Crippen MR) is 67.2 cm³/mol. The lowest BCUT2D eigenvalue weighted by Crippen LogP contribution is -2.40. The summed E-state index contributed by atoms with van der Waals surface area (Å²) in [7, 11) is -2.36. The van der Waals surface area contributed by atoms with Gasteiger partial charge in [-0.3, -0.25) is 4.79 Å². The van der Waals surface area contributed by atoms with Crippen LogP contribution in [0.4, 0.5) is 0 Å². The Morgan fingerprint density at radius 1 is 1.37 bits per heavy atom. The van der Waals surface area contributed by atoms with E-state index in [9.17, 15) is 13.2 Å². The predicted octanol–water partition coefficient (Wildman–Crippen LogP) is 0.549. The van der Waals surface area contributed by atoms with Gasteiger partial charge in [-0.05, 0) is 12.1 Å². The normalized spacial score (nSPS) is 24.5. The molecule has 0 saturated carbocycles. The van der Waals surface area contributed by atoms with Gasteiger partial charge in [0.25, 0.3) is 0 Å². The molecule has 2 rings (SSSR count). The molecular formula is C12H15NO5S. The third kappa shape index (κ3) is 2.63. The molecule has 1 aliphatic rings. The maximum Gasteiger partial charge on any atom is 0.322 e. The van der Waals surface area contributed by atoms with Crippen LogP contribution in [0.5, 0.6) is 0 Å². The molecule has 6 nitrogen and oxygen atoms in total. The van der Waals surface area contributed by atoms with Gasteiger partial charge in [-0.15, -0.1) is 0 Å². The Labute approximate surface area is 111 Å². The molecule has 1 N–H and O–H groups in total. The number of aliphatic carboxylic acids is 1. The van der Waals surface area contributed by atoms with E-state index < -0.39 is 22.0 Å². The number of rotatable bonds is 4. The Balaban J connectivity index is 2.36. The largest absolute Gasteiger partial charge is 0.480 e. The summed E-state index contributed by atoms with van der Waals surface area (Å²) in [4.78, 5) is 11.3. The topological polar surface area (TPSA) is 83.9 Å². The second-order valence-corrected chi connectivity index (χ2v) is 6.23. The Morgan fingerprint density at radius 2 is 2.00 bits per heavy atom. The molecule has 1 saturated heterocycles. The molecule has 1 aromatic rings. The van der Waals surface area contributed by atoms with E-state index in [2.05, 4.69) is 0 Å². The highest BCUT2D eigenvalue weighted by molar-refractivity contribution is 7.89. The van der Waals surface area contributed by atoms with Crippen LogP contribution in [0.1, 0.15) is 6.42 Å². The zero-order valence-corrected chi connectivity index (χ0v) is 11.2. The van der Waals surface area contributed by atoms with Crippen LogP contribution in [0.3, 0.4) is 0 Å². The van der Waals surface area contributed by atoms with Gasteiger partial charge in [0.05, 0.1) is 11.0 Å². The Kier molecular flexibility index (Phi) is 3.88. The molecule has 0 aliphatic carbocycles. The highest BCUT2D eigenvalue weighted by Crippen LogP contribution is 2.27. The fourth-order valence-corrected chi connectivity index (χ4v) is 3.80. The first kappa shape index (κ1) is 14.0. The fraction of sp³-hybridized carbons (Fsp3) is 0.417. The maximum absolute atomic E-state index is 12.4. The minimum Gasteiger partial charge on any atom is -0.480 e. The number of sulfonamides is 1. The summed E-state index contributed by atoms with van der Waals surface area (Å²) in [6.45, 7) is 0.0602. The van der Waals surface area contributed by atoms with Crippen molar-refractivity contribution in [1.29, 1.82) is 0 Å². The first-order chi connectivity index (χ1) is 8.96. The van der Waals surface area contributed by atoms with E-state index in [1.54, 1.807) is 18.2 Å². The summed E-state index contributed by atoms with van der Waals surface area (Å²) in [5.41, 5.74) is 0. The summed E-state index contributed by atoms with van der Waals surface area (Å²) < 4.78 is 30.9. The van der Waals surface area contributed by atoms with Gasteiger partial charge in [-0.25, -0.2) is 8.42 Å². The maximum atomic E-state index is 12.4. The van der Waals surface area contributed by atoms with E-state index in [0.29, 0.717) is 0 Å². The van der Waals surface area contributed by atoms with Crippen molar-refractivity contribution in [2.75, 3.05) is 13.7 Å². The zero-order chi connectivity index (χ0) is 14.0. The van der Waals surface area contributed by atoms with Gasteiger partial charge in [-0.2, -0.15) is 4.31 Å². The number of nitrogens with zero attached hydrogens (tertiary/aromatic N) is 1. The van der Waals surface area contributed by atoms with Crippen molar-refractivity contribution in [1.82, 2.24) is 4.31 Å². The Morgan fingerprint density at radius 3 is 2.53 bits per heavy atom. The SMILES string of the molecule is COC1CC(C(=O)O)N(S(=O)(=O)c2ccccc2)C1. The number of carboxylic acid groups (broad SMARTS) is 1. The monoisotopic (exact) mass is 285 g/mol. The fourth-order valence-electron chi connectivity index (χ4n) is 2.16. The van der Waals surface area contributed by atoms with Gasteiger partial charge in [0.2, 0.25) is 10.0 Å². The summed E-state index contributed by atoms with van der Waals surface area (Å²) in [6.07, 6.45) is -0.225. The lowest BCUT2D eigenvalue weighted by molar-refractivity contribution is -0.140. The molecule has 1 heterocycles. The van der Waals surface area contributed by atoms with Crippen LogP contribution in [-0.4, -0.2) is 49.6 Å². The van der Waals surface area contributed by atoms with Gasteiger partial charge < -0.3 is 9.84 Å². The average Bonchev–Trinajstić information content (AvgIpc) is 2.85. The molecule has 0 spiro atoms. The van der Waals surface area contributed by atoms with Crippen molar-refractivity contribution < 1.29 is 23.1 Å². The van der Waals surface area contributed by atoms with Gasteiger partial charge in [-0.1, -0.05) is 18.2 Å². The Bertz CT molecular complexity index is 557. The van der Waals surface area contributed by atoms with Crippen molar-refractivity contribution in [3.8, 4) is 0 Å². The van der Waals surface area contributed by atoms with E-state index in [-0.39, 0.29) is 24.0 Å². The lowest BCUT2D eigenvalue weighted by atomic mass is 10.2. The number of hydrogen-bond donors (Lipinski definition) is 1. The van der Waals surface area contributed by atoms with Crippen molar-refractivity contribution in [2.45, 2.75) is 23.5 Å². The molecule has 2 unspecified atom stereocenters. The van der Waals surface area contributed by atoms with Crippen LogP contribution < -0.4 is 0 Å². The van der Waals surface area contributed by atoms with Crippen molar-refractivity contribution in [3.05, 3.63) is 30.3 Å². The van der Waals surface area contributed by atoms with E-state index in [1.165, 1.54) is 19.2 Å². The highest BCUT2D eigenvalue weighted by atomic mass is 32.2. The summed E-state index contributed by atoms with van der Waals surface area (Å²) in [5.74, 6) is -1.15. The van der Waals surface area contributed by atoms with E-state index in [4.69, 9.17) is 9.84 Å². The second kappa shape index (κ2) is 5.28. The quantitative estimate of drug-likeness (QED) is 0.873. The molecule has 19 heavy (non-hydrogen) atoms. The van der Waals surface area contributed by atoms with Crippen LogP contribution in [0.25, 0.3) is 0 Å². The number of carboxylic acids is 1. The van der Waals surface area contributed by atoms with E-state index in [1.807, 2.05) is 0 Å². The van der Waals surface area contributed by atoms with Gasteiger partial charge in [0.1, 0.15) is 6.04 Å². The zero-order valence-electron chi connectivity index (χ0n) is 10.4. The Hall–Kier alpha value is -1.44. The first-order valence-corrected chi connectivity index (χ1v) is 7.23. The minimum atomic E-state index is -3.80. The molecule has 0 bridgehead atoms. The smallest absolute Gasteiger partial charge is 0.322 e. The summed E-state index contributed by atoms with van der Waals surface area (Å²) in [5, 5.41) is 9.15. The van der Waals surface area contributed by atoms with Crippen LogP contribution in [0.2, 0.25) is 0 Å². The first-order valence-electron chi connectivity index (χ1n) is 5.79. The van der Waals surface area contributed by atoms with Crippen LogP contribution in [0.15, 0.2) is 35.2 Å². The van der Waals surface area contributed by atoms with Gasteiger partial charge >= 0.3 is 5.97 Å². The molecule has 0 amide bonds. The van der Waals surface area contributed by atoms with E-state index >= 15 is 0 Å². The van der Waals surface area contributed by atoms with Gasteiger partial charge in [0.15, 0.2) is 0 Å². The number of benzene rings is 1. The number of methoxy groups -OCH3 is 1. The van der Waals surface area contributed by atoms with Crippen LogP contribution >= 0.6 is 0 Å². The molecule has 0 aromatic heterocycles. The third-order valence-corrected chi connectivity index (χ3v) is 5.07. The molecule has 1 aliphatic heterocycles. The van der Waals surface area contributed by atoms with Crippen LogP contribution in [0, 0.1) is 0 Å². The molecule has 1 fully saturated rings. The third-order valence-electron chi connectivity index (χ3n) is 3.19. The number of hydrogen-bond acceptors (Lipinski definition) is 4. The average molecular weight is 285 g/mol. The standard InChI is InChI=1S/C12H15NO5S/c1-18-9-7-11(12(14)15)13(8-9)19(16,17)10-5-3-2-4-6-10/h2-6,9,11H,7-8H2,1H3,(H,14,15). The molecule has 2 atom stereocenters. The molecular weight excluding hydrogens is 270 g/mol. The molecule has 7 heteroatoms. The molecule has 0 radical (unpaired) electrons. The molecule has 104 valence electrons. The summed E-state index contributed by atoms with van der Waals surface area (Å²) >= 11 is 0. The number of ether oxygens (including phenoxy) is 1. The highest BCUT2D eigenvalue weighted by Gasteiger charge is 2.44. The van der Waals surface area contributed by atoms with Crippen molar-refractivity contribution in [3.63, 3.8) is 0 Å². The lowest BCUT2D eigenvalue weighted by Gasteiger charge is -2.20. The van der Waals surface area contributed by atoms with Gasteiger partial charge in [0, 0.05) is 20.1 Å². The summed E-state index contributed by atoms with van der Waals surface area (Å²) in [6, 6.07) is 6.74. The second-order valence-electron chi connectivity index (χ2n) is 4.34. The minimum absolute atomic E-state index is 0.0602. The molecule has 1 aromatic carbocycles. The van der Waals surface area contributed by atoms with Crippen LogP contribution in [-0.2, 0) is 19.6 Å².